The van der Waals surface area contributed by atoms with Crippen LogP contribution in [0.2, 0.25) is 5.02 Å². The predicted octanol–water partition coefficient (Wildman–Crippen LogP) is 4.73. The van der Waals surface area contributed by atoms with Crippen LogP contribution < -0.4 is 5.32 Å². The van der Waals surface area contributed by atoms with Gasteiger partial charge in [0.15, 0.2) is 0 Å². The SMILES string of the molecule is Cn1ncc2c1CCCC2NC(=O)c1cn(-c2ccccc2)nc1-c1ccc(Cl)cc1. The van der Waals surface area contributed by atoms with Crippen molar-refractivity contribution in [1.82, 2.24) is 24.9 Å². The van der Waals surface area contributed by atoms with Crippen LogP contribution >= 0.6 is 11.6 Å². The van der Waals surface area contributed by atoms with Gasteiger partial charge in [-0.2, -0.15) is 10.2 Å². The third-order valence-electron chi connectivity index (χ3n) is 5.78. The summed E-state index contributed by atoms with van der Waals surface area (Å²) in [5, 5.41) is 13.0. The molecule has 1 aliphatic carbocycles. The molecule has 156 valence electrons. The average Bonchev–Trinajstić information content (AvgIpc) is 3.40. The van der Waals surface area contributed by atoms with Gasteiger partial charge in [0.1, 0.15) is 5.69 Å². The normalized spacial score (nSPS) is 15.5. The van der Waals surface area contributed by atoms with Gasteiger partial charge < -0.3 is 5.32 Å². The topological polar surface area (TPSA) is 64.7 Å². The number of fused-ring (bicyclic) bond motifs is 1. The fourth-order valence-electron chi connectivity index (χ4n) is 4.17. The second kappa shape index (κ2) is 8.04. The molecule has 0 saturated carbocycles. The highest BCUT2D eigenvalue weighted by Crippen LogP contribution is 2.31. The van der Waals surface area contributed by atoms with Gasteiger partial charge in [-0.05, 0) is 43.5 Å². The fourth-order valence-corrected chi connectivity index (χ4v) is 4.29. The molecule has 2 aromatic carbocycles. The molecule has 2 aromatic heterocycles. The molecule has 1 aliphatic rings. The van der Waals surface area contributed by atoms with Crippen LogP contribution in [0.1, 0.15) is 40.5 Å². The minimum absolute atomic E-state index is 0.0527. The van der Waals surface area contributed by atoms with E-state index >= 15 is 0 Å². The smallest absolute Gasteiger partial charge is 0.255 e. The molecule has 2 heterocycles. The molecule has 1 unspecified atom stereocenters. The Morgan fingerprint density at radius 2 is 1.90 bits per heavy atom. The molecule has 0 aliphatic heterocycles. The number of hydrogen-bond donors (Lipinski definition) is 1. The van der Waals surface area contributed by atoms with Gasteiger partial charge in [-0.25, -0.2) is 4.68 Å². The first-order valence-electron chi connectivity index (χ1n) is 10.3. The zero-order valence-corrected chi connectivity index (χ0v) is 17.9. The molecular weight excluding hydrogens is 410 g/mol. The monoisotopic (exact) mass is 431 g/mol. The maximum atomic E-state index is 13.4. The van der Waals surface area contributed by atoms with Gasteiger partial charge in [0.05, 0.1) is 23.5 Å². The van der Waals surface area contributed by atoms with Gasteiger partial charge in [-0.3, -0.25) is 9.48 Å². The number of nitrogens with zero attached hydrogens (tertiary/aromatic N) is 4. The van der Waals surface area contributed by atoms with Crippen LogP contribution in [0, 0.1) is 0 Å². The Hall–Kier alpha value is -3.38. The largest absolute Gasteiger partial charge is 0.345 e. The summed E-state index contributed by atoms with van der Waals surface area (Å²) in [4.78, 5) is 13.4. The molecule has 7 heteroatoms. The maximum absolute atomic E-state index is 13.4. The molecule has 5 rings (SSSR count). The summed E-state index contributed by atoms with van der Waals surface area (Å²) in [5.74, 6) is -0.145. The number of para-hydroxylation sites is 1. The lowest BCUT2D eigenvalue weighted by Gasteiger charge is -2.23. The van der Waals surface area contributed by atoms with Gasteiger partial charge in [-0.1, -0.05) is 41.9 Å². The van der Waals surface area contributed by atoms with Crippen LogP contribution in [-0.2, 0) is 13.5 Å². The van der Waals surface area contributed by atoms with Crippen molar-refractivity contribution in [2.45, 2.75) is 25.3 Å². The molecule has 0 radical (unpaired) electrons. The Labute approximate surface area is 185 Å². The Morgan fingerprint density at radius 1 is 1.13 bits per heavy atom. The van der Waals surface area contributed by atoms with E-state index in [1.165, 1.54) is 5.69 Å². The fraction of sp³-hybridized carbons (Fsp3) is 0.208. The van der Waals surface area contributed by atoms with E-state index in [1.54, 1.807) is 10.9 Å². The van der Waals surface area contributed by atoms with Crippen LogP contribution in [0.3, 0.4) is 0 Å². The lowest BCUT2D eigenvalue weighted by Crippen LogP contribution is -2.31. The summed E-state index contributed by atoms with van der Waals surface area (Å²) in [6, 6.07) is 17.1. The molecule has 0 fully saturated rings. The minimum Gasteiger partial charge on any atom is -0.345 e. The van der Waals surface area contributed by atoms with E-state index in [9.17, 15) is 4.79 Å². The van der Waals surface area contributed by atoms with Crippen molar-refractivity contribution < 1.29 is 4.79 Å². The average molecular weight is 432 g/mol. The zero-order chi connectivity index (χ0) is 21.4. The second-order valence-corrected chi connectivity index (χ2v) is 8.20. The molecule has 1 atom stereocenters. The zero-order valence-electron chi connectivity index (χ0n) is 17.1. The number of rotatable bonds is 4. The van der Waals surface area contributed by atoms with E-state index in [2.05, 4.69) is 10.4 Å². The van der Waals surface area contributed by atoms with Crippen LogP contribution in [0.15, 0.2) is 67.0 Å². The standard InChI is InChI=1S/C24H22ClN5O/c1-29-22-9-5-8-21(19(22)14-26-29)27-24(31)20-15-30(18-6-3-2-4-7-18)28-23(20)16-10-12-17(25)13-11-16/h2-4,6-7,10-15,21H,5,8-9H2,1H3,(H,27,31). The van der Waals surface area contributed by atoms with Gasteiger partial charge >= 0.3 is 0 Å². The van der Waals surface area contributed by atoms with E-state index in [4.69, 9.17) is 16.7 Å². The summed E-state index contributed by atoms with van der Waals surface area (Å²) in [5.41, 5.74) is 5.18. The number of aryl methyl sites for hydroxylation is 1. The molecule has 31 heavy (non-hydrogen) atoms. The molecule has 0 spiro atoms. The molecule has 0 saturated heterocycles. The van der Waals surface area contributed by atoms with E-state index in [0.717, 1.165) is 36.1 Å². The first-order chi connectivity index (χ1) is 15.1. The van der Waals surface area contributed by atoms with Crippen molar-refractivity contribution in [3.63, 3.8) is 0 Å². The first-order valence-corrected chi connectivity index (χ1v) is 10.7. The van der Waals surface area contributed by atoms with Crippen molar-refractivity contribution in [2.75, 3.05) is 0 Å². The summed E-state index contributed by atoms with van der Waals surface area (Å²) in [7, 11) is 1.95. The van der Waals surface area contributed by atoms with Crippen LogP contribution in [0.25, 0.3) is 16.9 Å². The summed E-state index contributed by atoms with van der Waals surface area (Å²) < 4.78 is 3.65. The van der Waals surface area contributed by atoms with Crippen LogP contribution in [0.4, 0.5) is 0 Å². The predicted molar refractivity (Wildman–Crippen MR) is 120 cm³/mol. The number of amides is 1. The molecular formula is C24H22ClN5O. The highest BCUT2D eigenvalue weighted by Gasteiger charge is 2.27. The van der Waals surface area contributed by atoms with Gasteiger partial charge in [0.25, 0.3) is 5.91 Å². The highest BCUT2D eigenvalue weighted by molar-refractivity contribution is 6.30. The Morgan fingerprint density at radius 3 is 2.68 bits per heavy atom. The summed E-state index contributed by atoms with van der Waals surface area (Å²) in [6.07, 6.45) is 6.56. The summed E-state index contributed by atoms with van der Waals surface area (Å²) in [6.45, 7) is 0. The molecule has 6 nitrogen and oxygen atoms in total. The maximum Gasteiger partial charge on any atom is 0.255 e. The molecule has 0 bridgehead atoms. The Bertz CT molecular complexity index is 1230. The molecule has 1 amide bonds. The van der Waals surface area contributed by atoms with E-state index in [-0.39, 0.29) is 11.9 Å². The quantitative estimate of drug-likeness (QED) is 0.507. The van der Waals surface area contributed by atoms with Crippen molar-refractivity contribution in [3.05, 3.63) is 88.8 Å². The van der Waals surface area contributed by atoms with Crippen LogP contribution in [-0.4, -0.2) is 25.5 Å². The number of halogens is 1. The van der Waals surface area contributed by atoms with E-state index < -0.39 is 0 Å². The number of hydrogen-bond acceptors (Lipinski definition) is 3. The minimum atomic E-state index is -0.145. The van der Waals surface area contributed by atoms with E-state index in [0.29, 0.717) is 16.3 Å². The first kappa shape index (κ1) is 19.6. The van der Waals surface area contributed by atoms with E-state index in [1.807, 2.05) is 72.5 Å². The number of benzene rings is 2. The van der Waals surface area contributed by atoms with Gasteiger partial charge in [-0.15, -0.1) is 0 Å². The summed E-state index contributed by atoms with van der Waals surface area (Å²) >= 11 is 6.07. The van der Waals surface area contributed by atoms with Crippen molar-refractivity contribution in [1.29, 1.82) is 0 Å². The van der Waals surface area contributed by atoms with Crippen molar-refractivity contribution in [3.8, 4) is 16.9 Å². The van der Waals surface area contributed by atoms with Crippen molar-refractivity contribution >= 4 is 17.5 Å². The number of nitrogens with one attached hydrogen (secondary N) is 1. The lowest BCUT2D eigenvalue weighted by molar-refractivity contribution is 0.0933. The molecule has 1 N–H and O–H groups in total. The second-order valence-electron chi connectivity index (χ2n) is 7.77. The number of aromatic nitrogens is 4. The van der Waals surface area contributed by atoms with Gasteiger partial charge in [0, 0.05) is 35.1 Å². The van der Waals surface area contributed by atoms with Crippen molar-refractivity contribution in [2.24, 2.45) is 7.05 Å². The van der Waals surface area contributed by atoms with Crippen LogP contribution in [0.5, 0.6) is 0 Å². The lowest BCUT2D eigenvalue weighted by atomic mass is 9.92. The number of carbonyl (C=O) groups excluding carboxylic acids is 1. The Kier molecular flexibility index (Phi) is 5.08. The number of carbonyl (C=O) groups is 1. The third-order valence-corrected chi connectivity index (χ3v) is 6.03. The third kappa shape index (κ3) is 3.75. The Balaban J connectivity index is 1.52. The molecule has 4 aromatic rings. The highest BCUT2D eigenvalue weighted by atomic mass is 35.5. The van der Waals surface area contributed by atoms with Gasteiger partial charge in [0.2, 0.25) is 0 Å².